The summed E-state index contributed by atoms with van der Waals surface area (Å²) in [5.74, 6) is 0.496. The molecule has 1 aliphatic heterocycles. The molecule has 1 atom stereocenters. The van der Waals surface area contributed by atoms with E-state index < -0.39 is 0 Å². The number of piperidine rings is 1. The Morgan fingerprint density at radius 1 is 1.67 bits per heavy atom. The van der Waals surface area contributed by atoms with Crippen molar-refractivity contribution in [3.63, 3.8) is 0 Å². The van der Waals surface area contributed by atoms with E-state index in [1.54, 1.807) is 6.07 Å². The van der Waals surface area contributed by atoms with E-state index >= 15 is 0 Å². The average Bonchev–Trinajstić information content (AvgIpc) is 2.82. The third kappa shape index (κ3) is 3.06. The minimum atomic E-state index is -0.0400. The molecule has 0 bridgehead atoms. The highest BCUT2D eigenvalue weighted by molar-refractivity contribution is 6.32. The summed E-state index contributed by atoms with van der Waals surface area (Å²) in [4.78, 5) is 14.1. The number of carbonyl (C=O) groups is 1. The highest BCUT2D eigenvalue weighted by Crippen LogP contribution is 2.20. The van der Waals surface area contributed by atoms with Gasteiger partial charge >= 0.3 is 0 Å². The first-order chi connectivity index (χ1) is 8.72. The van der Waals surface area contributed by atoms with Gasteiger partial charge in [0.15, 0.2) is 0 Å². The molecular formula is C13H19ClN2O2. The predicted octanol–water partition coefficient (Wildman–Crippen LogP) is 2.39. The van der Waals surface area contributed by atoms with Gasteiger partial charge in [0.1, 0.15) is 0 Å². The summed E-state index contributed by atoms with van der Waals surface area (Å²) in [6, 6.07) is 1.63. The topological polar surface area (TPSA) is 45.5 Å². The molecule has 1 aromatic heterocycles. The van der Waals surface area contributed by atoms with Gasteiger partial charge in [0.25, 0.3) is 5.91 Å². The Labute approximate surface area is 112 Å². The maximum absolute atomic E-state index is 12.3. The van der Waals surface area contributed by atoms with Crippen molar-refractivity contribution in [2.45, 2.75) is 19.8 Å². The number of rotatable bonds is 4. The van der Waals surface area contributed by atoms with Gasteiger partial charge < -0.3 is 14.6 Å². The molecule has 0 spiro atoms. The van der Waals surface area contributed by atoms with E-state index in [1.807, 2.05) is 11.8 Å². The third-order valence-corrected chi connectivity index (χ3v) is 3.69. The second-order valence-corrected chi connectivity index (χ2v) is 5.01. The van der Waals surface area contributed by atoms with Crippen LogP contribution in [-0.2, 0) is 0 Å². The Morgan fingerprint density at radius 3 is 3.06 bits per heavy atom. The molecule has 1 N–H and O–H groups in total. The summed E-state index contributed by atoms with van der Waals surface area (Å²) in [5, 5.41) is 3.55. The molecular weight excluding hydrogens is 252 g/mol. The number of hydrogen-bond donors (Lipinski definition) is 1. The molecule has 1 aromatic rings. The lowest BCUT2D eigenvalue weighted by atomic mass is 9.99. The third-order valence-electron chi connectivity index (χ3n) is 3.39. The smallest absolute Gasteiger partial charge is 0.258 e. The molecule has 1 aliphatic rings. The first-order valence-electron chi connectivity index (χ1n) is 6.45. The molecule has 1 fully saturated rings. The summed E-state index contributed by atoms with van der Waals surface area (Å²) < 4.78 is 4.98. The normalized spacial score (nSPS) is 19.8. The standard InChI is InChI=1S/C13H19ClN2O2/c1-2-16(9-10-4-3-6-15-8-10)13(17)11-5-7-18-12(11)14/h5,7,10,15H,2-4,6,8-9H2,1H3. The van der Waals surface area contributed by atoms with Crippen LogP contribution in [0.1, 0.15) is 30.1 Å². The van der Waals surface area contributed by atoms with Crippen molar-refractivity contribution in [1.29, 1.82) is 0 Å². The fourth-order valence-corrected chi connectivity index (χ4v) is 2.56. The van der Waals surface area contributed by atoms with E-state index in [4.69, 9.17) is 16.0 Å². The number of halogens is 1. The van der Waals surface area contributed by atoms with Gasteiger partial charge in [0, 0.05) is 13.1 Å². The van der Waals surface area contributed by atoms with Gasteiger partial charge in [-0.3, -0.25) is 4.79 Å². The molecule has 0 saturated carbocycles. The molecule has 1 saturated heterocycles. The van der Waals surface area contributed by atoms with Crippen LogP contribution >= 0.6 is 11.6 Å². The van der Waals surface area contributed by atoms with Crippen molar-refractivity contribution in [2.75, 3.05) is 26.2 Å². The average molecular weight is 271 g/mol. The second-order valence-electron chi connectivity index (χ2n) is 4.66. The summed E-state index contributed by atoms with van der Waals surface area (Å²) in [6.07, 6.45) is 3.81. The SMILES string of the molecule is CCN(CC1CCCNC1)C(=O)c1ccoc1Cl. The van der Waals surface area contributed by atoms with Crippen LogP contribution in [0.5, 0.6) is 0 Å². The number of amides is 1. The Bertz CT molecular complexity index is 399. The number of nitrogens with one attached hydrogen (secondary N) is 1. The van der Waals surface area contributed by atoms with Gasteiger partial charge in [-0.1, -0.05) is 0 Å². The van der Waals surface area contributed by atoms with Crippen LogP contribution in [0.3, 0.4) is 0 Å². The predicted molar refractivity (Wildman–Crippen MR) is 70.9 cm³/mol. The molecule has 0 aliphatic carbocycles. The van der Waals surface area contributed by atoms with E-state index in [1.165, 1.54) is 19.1 Å². The van der Waals surface area contributed by atoms with Crippen LogP contribution in [0.4, 0.5) is 0 Å². The Kier molecular flexibility index (Phi) is 4.66. The van der Waals surface area contributed by atoms with E-state index in [0.29, 0.717) is 18.0 Å². The lowest BCUT2D eigenvalue weighted by molar-refractivity contribution is 0.0728. The van der Waals surface area contributed by atoms with Crippen LogP contribution in [0, 0.1) is 5.92 Å². The molecule has 18 heavy (non-hydrogen) atoms. The van der Waals surface area contributed by atoms with Crippen molar-refractivity contribution in [3.8, 4) is 0 Å². The molecule has 0 radical (unpaired) electrons. The fourth-order valence-electron chi connectivity index (χ4n) is 2.36. The second kappa shape index (κ2) is 6.25. The first-order valence-corrected chi connectivity index (χ1v) is 6.83. The summed E-state index contributed by atoms with van der Waals surface area (Å²) in [6.45, 7) is 5.54. The van der Waals surface area contributed by atoms with Crippen LogP contribution in [0.15, 0.2) is 16.7 Å². The minimum Gasteiger partial charge on any atom is -0.452 e. The number of carbonyl (C=O) groups excluding carboxylic acids is 1. The summed E-state index contributed by atoms with van der Waals surface area (Å²) >= 11 is 5.85. The van der Waals surface area contributed by atoms with Crippen molar-refractivity contribution in [3.05, 3.63) is 23.1 Å². The zero-order chi connectivity index (χ0) is 13.0. The maximum Gasteiger partial charge on any atom is 0.258 e. The van der Waals surface area contributed by atoms with Gasteiger partial charge in [-0.25, -0.2) is 0 Å². The maximum atomic E-state index is 12.3. The Morgan fingerprint density at radius 2 is 2.50 bits per heavy atom. The first kappa shape index (κ1) is 13.4. The Balaban J connectivity index is 1.99. The molecule has 2 heterocycles. The monoisotopic (exact) mass is 270 g/mol. The van der Waals surface area contributed by atoms with Crippen molar-refractivity contribution in [2.24, 2.45) is 5.92 Å². The van der Waals surface area contributed by atoms with Crippen molar-refractivity contribution in [1.82, 2.24) is 10.2 Å². The molecule has 100 valence electrons. The highest BCUT2D eigenvalue weighted by atomic mass is 35.5. The molecule has 5 heteroatoms. The molecule has 1 amide bonds. The summed E-state index contributed by atoms with van der Waals surface area (Å²) in [7, 11) is 0. The van der Waals surface area contributed by atoms with E-state index in [9.17, 15) is 4.79 Å². The zero-order valence-electron chi connectivity index (χ0n) is 10.6. The lowest BCUT2D eigenvalue weighted by Crippen LogP contribution is -2.41. The Hall–Kier alpha value is -1.00. The number of hydrogen-bond acceptors (Lipinski definition) is 3. The van der Waals surface area contributed by atoms with E-state index in [2.05, 4.69) is 5.32 Å². The molecule has 2 rings (SSSR count). The van der Waals surface area contributed by atoms with E-state index in [-0.39, 0.29) is 11.1 Å². The molecule has 4 nitrogen and oxygen atoms in total. The highest BCUT2D eigenvalue weighted by Gasteiger charge is 2.23. The number of nitrogens with zero attached hydrogens (tertiary/aromatic N) is 1. The van der Waals surface area contributed by atoms with Gasteiger partial charge in [-0.2, -0.15) is 0 Å². The number of furan rings is 1. The quantitative estimate of drug-likeness (QED) is 0.914. The van der Waals surface area contributed by atoms with Crippen LogP contribution in [0.2, 0.25) is 5.22 Å². The summed E-state index contributed by atoms with van der Waals surface area (Å²) in [5.41, 5.74) is 0.460. The fraction of sp³-hybridized carbons (Fsp3) is 0.615. The zero-order valence-corrected chi connectivity index (χ0v) is 11.4. The van der Waals surface area contributed by atoms with E-state index in [0.717, 1.165) is 19.6 Å². The van der Waals surface area contributed by atoms with Crippen molar-refractivity contribution < 1.29 is 9.21 Å². The molecule has 1 unspecified atom stereocenters. The largest absolute Gasteiger partial charge is 0.452 e. The van der Waals surface area contributed by atoms with Crippen LogP contribution in [0.25, 0.3) is 0 Å². The van der Waals surface area contributed by atoms with Gasteiger partial charge in [-0.05, 0) is 56.4 Å². The minimum absolute atomic E-state index is 0.0400. The van der Waals surface area contributed by atoms with Gasteiger partial charge in [0.05, 0.1) is 11.8 Å². The lowest BCUT2D eigenvalue weighted by Gasteiger charge is -2.29. The van der Waals surface area contributed by atoms with Crippen LogP contribution in [-0.4, -0.2) is 37.0 Å². The van der Waals surface area contributed by atoms with Gasteiger partial charge in [0.2, 0.25) is 5.22 Å². The van der Waals surface area contributed by atoms with Gasteiger partial charge in [-0.15, -0.1) is 0 Å². The molecule has 0 aromatic carbocycles. The van der Waals surface area contributed by atoms with Crippen molar-refractivity contribution >= 4 is 17.5 Å². The van der Waals surface area contributed by atoms with Crippen LogP contribution < -0.4 is 5.32 Å².